The third-order valence-electron chi connectivity index (χ3n) is 4.00. The van der Waals surface area contributed by atoms with Crippen LogP contribution in [-0.4, -0.2) is 60.9 Å². The summed E-state index contributed by atoms with van der Waals surface area (Å²) >= 11 is 0. The molecule has 1 aromatic heterocycles. The molecule has 0 saturated carbocycles. The highest BCUT2D eigenvalue weighted by atomic mass is 16.6. The van der Waals surface area contributed by atoms with Crippen molar-refractivity contribution in [3.63, 3.8) is 0 Å². The first-order valence-corrected chi connectivity index (χ1v) is 8.82. The van der Waals surface area contributed by atoms with E-state index in [4.69, 9.17) is 9.15 Å². The van der Waals surface area contributed by atoms with Crippen molar-refractivity contribution in [1.82, 2.24) is 15.5 Å². The molecule has 1 unspecified atom stereocenters. The van der Waals surface area contributed by atoms with Crippen molar-refractivity contribution in [2.75, 3.05) is 32.8 Å². The van der Waals surface area contributed by atoms with Gasteiger partial charge in [-0.05, 0) is 38.8 Å². The highest BCUT2D eigenvalue weighted by Crippen LogP contribution is 2.14. The number of hydrogen-bond acceptors (Lipinski definition) is 5. The number of piperidine rings is 1. The number of nitrogens with zero attached hydrogens (tertiary/aromatic N) is 2. The van der Waals surface area contributed by atoms with E-state index in [2.05, 4.69) is 15.6 Å². The fourth-order valence-electron chi connectivity index (χ4n) is 2.68. The number of carbonyl (C=O) groups excluding carboxylic acids is 1. The Hall–Kier alpha value is -2.22. The Labute approximate surface area is 148 Å². The summed E-state index contributed by atoms with van der Waals surface area (Å²) in [7, 11) is 0. The van der Waals surface area contributed by atoms with Crippen LogP contribution < -0.4 is 10.6 Å². The van der Waals surface area contributed by atoms with Crippen LogP contribution in [0.5, 0.6) is 0 Å². The van der Waals surface area contributed by atoms with Crippen LogP contribution in [0.1, 0.15) is 38.6 Å². The quantitative estimate of drug-likeness (QED) is 0.530. The number of amides is 1. The van der Waals surface area contributed by atoms with Crippen molar-refractivity contribution in [1.29, 1.82) is 0 Å². The van der Waals surface area contributed by atoms with E-state index >= 15 is 0 Å². The van der Waals surface area contributed by atoms with Gasteiger partial charge in [0.1, 0.15) is 11.9 Å². The maximum atomic E-state index is 11.7. The van der Waals surface area contributed by atoms with Crippen LogP contribution in [0, 0.1) is 0 Å². The molecule has 1 aromatic rings. The number of aliphatic hydroxyl groups is 1. The number of aliphatic imine (C=N–C) groups is 1. The Balaban J connectivity index is 1.83. The summed E-state index contributed by atoms with van der Waals surface area (Å²) in [5, 5.41) is 16.6. The predicted octanol–water partition coefficient (Wildman–Crippen LogP) is 1.49. The molecule has 1 aliphatic heterocycles. The number of ether oxygens (including phenoxy) is 1. The fourth-order valence-corrected chi connectivity index (χ4v) is 2.68. The van der Waals surface area contributed by atoms with Gasteiger partial charge in [-0.3, -0.25) is 4.99 Å². The molecule has 0 aromatic carbocycles. The number of hydrogen-bond donors (Lipinski definition) is 3. The van der Waals surface area contributed by atoms with E-state index in [0.717, 1.165) is 19.4 Å². The van der Waals surface area contributed by atoms with Crippen LogP contribution in [0.3, 0.4) is 0 Å². The molecule has 1 atom stereocenters. The first-order valence-electron chi connectivity index (χ1n) is 8.82. The van der Waals surface area contributed by atoms with Crippen molar-refractivity contribution >= 4 is 12.1 Å². The second kappa shape index (κ2) is 9.93. The van der Waals surface area contributed by atoms with E-state index in [0.29, 0.717) is 31.4 Å². The molecule has 8 nitrogen and oxygen atoms in total. The lowest BCUT2D eigenvalue weighted by Crippen LogP contribution is -2.50. The molecule has 0 aliphatic carbocycles. The zero-order valence-corrected chi connectivity index (χ0v) is 14.9. The smallest absolute Gasteiger partial charge is 0.409 e. The van der Waals surface area contributed by atoms with Gasteiger partial charge in [-0.2, -0.15) is 0 Å². The standard InChI is InChI=1S/C17H28N4O4/c1-3-18-16(19-12-14(22)15-6-5-11-25-15)20-13-7-9-21(10-8-13)17(23)24-4-2/h5-6,11,13-14,22H,3-4,7-10,12H2,1-2H3,(H2,18,19,20). The van der Waals surface area contributed by atoms with Gasteiger partial charge in [0.15, 0.2) is 5.96 Å². The number of nitrogens with one attached hydrogen (secondary N) is 2. The Bertz CT molecular complexity index is 539. The molecule has 1 saturated heterocycles. The number of likely N-dealkylation sites (tertiary alicyclic amines) is 1. The van der Waals surface area contributed by atoms with E-state index in [-0.39, 0.29) is 18.7 Å². The highest BCUT2D eigenvalue weighted by molar-refractivity contribution is 5.80. The normalized spacial score (nSPS) is 17.2. The van der Waals surface area contributed by atoms with E-state index < -0.39 is 6.10 Å². The van der Waals surface area contributed by atoms with E-state index in [9.17, 15) is 9.90 Å². The van der Waals surface area contributed by atoms with Gasteiger partial charge in [-0.15, -0.1) is 0 Å². The van der Waals surface area contributed by atoms with Crippen molar-refractivity contribution in [2.24, 2.45) is 4.99 Å². The van der Waals surface area contributed by atoms with Crippen molar-refractivity contribution in [3.8, 4) is 0 Å². The largest absolute Gasteiger partial charge is 0.467 e. The molecule has 8 heteroatoms. The third-order valence-corrected chi connectivity index (χ3v) is 4.00. The van der Waals surface area contributed by atoms with Gasteiger partial charge < -0.3 is 29.8 Å². The molecule has 2 heterocycles. The molecule has 25 heavy (non-hydrogen) atoms. The first kappa shape index (κ1) is 19.1. The summed E-state index contributed by atoms with van der Waals surface area (Å²) in [5.41, 5.74) is 0. The Morgan fingerprint density at radius 3 is 2.84 bits per heavy atom. The molecule has 1 amide bonds. The molecule has 140 valence electrons. The van der Waals surface area contributed by atoms with Crippen LogP contribution in [0.15, 0.2) is 27.8 Å². The van der Waals surface area contributed by atoms with Crippen LogP contribution >= 0.6 is 0 Å². The van der Waals surface area contributed by atoms with Crippen LogP contribution in [0.4, 0.5) is 4.79 Å². The summed E-state index contributed by atoms with van der Waals surface area (Å²) in [6.45, 7) is 6.45. The molecule has 0 bridgehead atoms. The number of furan rings is 1. The van der Waals surface area contributed by atoms with Gasteiger partial charge >= 0.3 is 6.09 Å². The lowest BCUT2D eigenvalue weighted by molar-refractivity contribution is 0.0963. The van der Waals surface area contributed by atoms with Crippen LogP contribution in [0.25, 0.3) is 0 Å². The number of aliphatic hydroxyl groups excluding tert-OH is 1. The van der Waals surface area contributed by atoms with Crippen LogP contribution in [-0.2, 0) is 4.74 Å². The summed E-state index contributed by atoms with van der Waals surface area (Å²) in [4.78, 5) is 17.9. The topological polar surface area (TPSA) is 99.3 Å². The van der Waals surface area contributed by atoms with Gasteiger partial charge in [0, 0.05) is 25.7 Å². The third kappa shape index (κ3) is 5.97. The molecule has 3 N–H and O–H groups in total. The molecular formula is C17H28N4O4. The second-order valence-electron chi connectivity index (χ2n) is 5.86. The predicted molar refractivity (Wildman–Crippen MR) is 94.4 cm³/mol. The lowest BCUT2D eigenvalue weighted by Gasteiger charge is -2.32. The monoisotopic (exact) mass is 352 g/mol. The van der Waals surface area contributed by atoms with E-state index in [1.54, 1.807) is 17.0 Å². The van der Waals surface area contributed by atoms with E-state index in [1.807, 2.05) is 13.8 Å². The van der Waals surface area contributed by atoms with Gasteiger partial charge in [0.2, 0.25) is 0 Å². The molecule has 0 radical (unpaired) electrons. The molecule has 2 rings (SSSR count). The maximum absolute atomic E-state index is 11.7. The van der Waals surface area contributed by atoms with Crippen molar-refractivity contribution < 1.29 is 19.1 Å². The number of carbonyl (C=O) groups is 1. The van der Waals surface area contributed by atoms with Gasteiger partial charge in [0.25, 0.3) is 0 Å². The minimum absolute atomic E-state index is 0.213. The second-order valence-corrected chi connectivity index (χ2v) is 5.86. The first-order chi connectivity index (χ1) is 12.1. The SMILES string of the molecule is CCNC(=NCC(O)c1ccco1)NC1CCN(C(=O)OCC)CC1. The highest BCUT2D eigenvalue weighted by Gasteiger charge is 2.24. The fraction of sp³-hybridized carbons (Fsp3) is 0.647. The van der Waals surface area contributed by atoms with Crippen LogP contribution in [0.2, 0.25) is 0 Å². The minimum Gasteiger partial charge on any atom is -0.467 e. The Kier molecular flexibility index (Phi) is 7.59. The summed E-state index contributed by atoms with van der Waals surface area (Å²) in [5.74, 6) is 1.16. The lowest BCUT2D eigenvalue weighted by atomic mass is 10.1. The number of guanidine groups is 1. The summed E-state index contributed by atoms with van der Waals surface area (Å²) in [6.07, 6.45) is 2.16. The zero-order chi connectivity index (χ0) is 18.1. The Morgan fingerprint density at radius 2 is 2.24 bits per heavy atom. The summed E-state index contributed by atoms with van der Waals surface area (Å²) in [6, 6.07) is 3.69. The summed E-state index contributed by atoms with van der Waals surface area (Å²) < 4.78 is 10.2. The van der Waals surface area contributed by atoms with Crippen molar-refractivity contribution in [2.45, 2.75) is 38.8 Å². The van der Waals surface area contributed by atoms with Crippen molar-refractivity contribution in [3.05, 3.63) is 24.2 Å². The van der Waals surface area contributed by atoms with Gasteiger partial charge in [-0.1, -0.05) is 0 Å². The maximum Gasteiger partial charge on any atom is 0.409 e. The van der Waals surface area contributed by atoms with Gasteiger partial charge in [0.05, 0.1) is 19.4 Å². The molecule has 1 aliphatic rings. The average Bonchev–Trinajstić information content (AvgIpc) is 3.15. The molecule has 1 fully saturated rings. The number of rotatable bonds is 6. The van der Waals surface area contributed by atoms with E-state index in [1.165, 1.54) is 6.26 Å². The molecule has 0 spiro atoms. The minimum atomic E-state index is -0.767. The zero-order valence-electron chi connectivity index (χ0n) is 14.9. The Morgan fingerprint density at radius 1 is 1.48 bits per heavy atom. The van der Waals surface area contributed by atoms with Gasteiger partial charge in [-0.25, -0.2) is 4.79 Å². The molecular weight excluding hydrogens is 324 g/mol. The average molecular weight is 352 g/mol.